The molecule has 6 aromatic rings. The second-order valence-corrected chi connectivity index (χ2v) is 10.8. The van der Waals surface area contributed by atoms with E-state index in [1.54, 1.807) is 0 Å². The van der Waals surface area contributed by atoms with Gasteiger partial charge >= 0.3 is 0 Å². The van der Waals surface area contributed by atoms with Crippen molar-refractivity contribution in [3.63, 3.8) is 0 Å². The van der Waals surface area contributed by atoms with Crippen molar-refractivity contribution in [1.82, 2.24) is 0 Å². The van der Waals surface area contributed by atoms with Crippen molar-refractivity contribution in [3.8, 4) is 33.4 Å². The monoisotopic (exact) mass is 509 g/mol. The molecule has 0 fully saturated rings. The predicted octanol–water partition coefficient (Wildman–Crippen LogP) is 8.26. The van der Waals surface area contributed by atoms with Crippen LogP contribution in [-0.2, 0) is 5.41 Å². The molecule has 0 atom stereocenters. The maximum absolute atomic E-state index is 4.30. The number of hydrogen-bond donors (Lipinski definition) is 1. The highest BCUT2D eigenvalue weighted by atomic mass is 14.9. The summed E-state index contributed by atoms with van der Waals surface area (Å²) in [7, 11) is 0. The van der Waals surface area contributed by atoms with Crippen LogP contribution < -0.4 is 15.8 Å². The Labute approximate surface area is 234 Å². The normalized spacial score (nSPS) is 13.4. The van der Waals surface area contributed by atoms with E-state index in [-0.39, 0.29) is 5.41 Å². The molecule has 0 saturated heterocycles. The second-order valence-electron chi connectivity index (χ2n) is 10.8. The van der Waals surface area contributed by atoms with Gasteiger partial charge in [-0.3, -0.25) is 0 Å². The van der Waals surface area contributed by atoms with Crippen LogP contribution in [-0.4, -0.2) is 0 Å². The van der Waals surface area contributed by atoms with E-state index in [1.807, 2.05) is 12.1 Å². The molecule has 2 aliphatic carbocycles. The molecule has 0 aromatic heterocycles. The third-order valence-corrected chi connectivity index (χ3v) is 8.77. The number of hydrogen-bond acceptors (Lipinski definition) is 1. The molecule has 1 nitrogen and oxygen atoms in total. The van der Waals surface area contributed by atoms with E-state index in [0.29, 0.717) is 0 Å². The zero-order chi connectivity index (χ0) is 26.8. The van der Waals surface area contributed by atoms with Crippen LogP contribution >= 0.6 is 0 Å². The number of nitrogens with one attached hydrogen (secondary N) is 1. The first-order valence-corrected chi connectivity index (χ1v) is 13.7. The molecule has 1 N–H and O–H groups in total. The molecule has 0 amide bonds. The van der Waals surface area contributed by atoms with E-state index in [2.05, 4.69) is 140 Å². The Balaban J connectivity index is 1.32. The first-order chi connectivity index (χ1) is 19.7. The van der Waals surface area contributed by atoms with Crippen LogP contribution in [0.1, 0.15) is 22.3 Å². The molecule has 0 radical (unpaired) electrons. The van der Waals surface area contributed by atoms with Crippen LogP contribution in [0.2, 0.25) is 0 Å². The minimum atomic E-state index is -0.313. The van der Waals surface area contributed by atoms with Crippen molar-refractivity contribution in [2.45, 2.75) is 5.41 Å². The van der Waals surface area contributed by atoms with Gasteiger partial charge in [0.1, 0.15) is 0 Å². The van der Waals surface area contributed by atoms with E-state index in [9.17, 15) is 0 Å². The topological polar surface area (TPSA) is 12.0 Å². The van der Waals surface area contributed by atoms with Gasteiger partial charge in [0.05, 0.1) is 5.41 Å². The van der Waals surface area contributed by atoms with Gasteiger partial charge in [-0.05, 0) is 78.7 Å². The largest absolute Gasteiger partial charge is 0.355 e. The molecule has 0 saturated carbocycles. The highest BCUT2D eigenvalue weighted by molar-refractivity contribution is 5.96. The van der Waals surface area contributed by atoms with Crippen LogP contribution in [0.15, 0.2) is 133 Å². The van der Waals surface area contributed by atoms with E-state index in [4.69, 9.17) is 0 Å². The van der Waals surface area contributed by atoms with Gasteiger partial charge in [-0.25, -0.2) is 0 Å². The van der Waals surface area contributed by atoms with Crippen LogP contribution in [0.25, 0.3) is 46.5 Å². The molecule has 0 aliphatic heterocycles. The summed E-state index contributed by atoms with van der Waals surface area (Å²) in [4.78, 5) is 0. The molecular weight excluding hydrogens is 482 g/mol. The summed E-state index contributed by atoms with van der Waals surface area (Å²) in [6.07, 6.45) is 0. The quantitative estimate of drug-likeness (QED) is 0.253. The standard InChI is InChI=1S/C39H27N/c1-25-12-11-17-28(26(25)2)32-16-6-10-21-38(32)40-27-22-23-37-33(24-27)31-15-5-9-20-36(31)39(37)34-18-7-3-13-29(34)30-14-4-8-19-35(30)39/h3-24,40H,1-2H2. The molecule has 0 bridgehead atoms. The van der Waals surface area contributed by atoms with Gasteiger partial charge in [0.2, 0.25) is 0 Å². The molecule has 2 aliphatic rings. The summed E-state index contributed by atoms with van der Waals surface area (Å²) in [5.74, 6) is 0. The Morgan fingerprint density at radius 3 is 1.57 bits per heavy atom. The zero-order valence-electron chi connectivity index (χ0n) is 22.1. The van der Waals surface area contributed by atoms with Crippen molar-refractivity contribution in [1.29, 1.82) is 0 Å². The first kappa shape index (κ1) is 22.8. The molecule has 0 unspecified atom stereocenters. The average Bonchev–Trinajstić information content (AvgIpc) is 3.46. The van der Waals surface area contributed by atoms with Gasteiger partial charge in [0.25, 0.3) is 0 Å². The average molecular weight is 510 g/mol. The molecule has 188 valence electrons. The summed E-state index contributed by atoms with van der Waals surface area (Å²) < 4.78 is 0. The minimum Gasteiger partial charge on any atom is -0.355 e. The fourth-order valence-corrected chi connectivity index (χ4v) is 7.05. The Morgan fingerprint density at radius 2 is 0.925 bits per heavy atom. The van der Waals surface area contributed by atoms with Crippen LogP contribution in [0.3, 0.4) is 0 Å². The fourth-order valence-electron chi connectivity index (χ4n) is 7.05. The Morgan fingerprint density at radius 1 is 0.425 bits per heavy atom. The molecule has 8 rings (SSSR count). The van der Waals surface area contributed by atoms with Gasteiger partial charge in [-0.1, -0.05) is 128 Å². The Kier molecular flexibility index (Phi) is 4.81. The summed E-state index contributed by atoms with van der Waals surface area (Å²) >= 11 is 0. The highest BCUT2D eigenvalue weighted by Crippen LogP contribution is 2.62. The lowest BCUT2D eigenvalue weighted by Crippen LogP contribution is -2.25. The number of para-hydroxylation sites is 1. The summed E-state index contributed by atoms with van der Waals surface area (Å²) in [6.45, 7) is 8.47. The van der Waals surface area contributed by atoms with Crippen molar-refractivity contribution < 1.29 is 0 Å². The lowest BCUT2D eigenvalue weighted by atomic mass is 9.70. The molecule has 1 heteroatoms. The van der Waals surface area contributed by atoms with E-state index < -0.39 is 0 Å². The summed E-state index contributed by atoms with van der Waals surface area (Å²) in [5, 5.41) is 5.65. The lowest BCUT2D eigenvalue weighted by Gasteiger charge is -2.30. The van der Waals surface area contributed by atoms with Crippen LogP contribution in [0.4, 0.5) is 11.4 Å². The maximum atomic E-state index is 4.30. The van der Waals surface area contributed by atoms with Gasteiger partial charge in [0, 0.05) is 16.9 Å². The van der Waals surface area contributed by atoms with Crippen molar-refractivity contribution >= 4 is 24.5 Å². The lowest BCUT2D eigenvalue weighted by molar-refractivity contribution is 0.794. The number of fused-ring (bicyclic) bond motifs is 10. The van der Waals surface area contributed by atoms with Gasteiger partial charge < -0.3 is 5.32 Å². The van der Waals surface area contributed by atoms with Gasteiger partial charge in [-0.15, -0.1) is 0 Å². The predicted molar refractivity (Wildman–Crippen MR) is 168 cm³/mol. The number of benzene rings is 6. The molecule has 0 heterocycles. The number of anilines is 2. The fraction of sp³-hybridized carbons (Fsp3) is 0.0256. The van der Waals surface area contributed by atoms with Crippen LogP contribution in [0, 0.1) is 0 Å². The van der Waals surface area contributed by atoms with Crippen molar-refractivity contribution in [3.05, 3.63) is 166 Å². The highest BCUT2D eigenvalue weighted by Gasteiger charge is 2.51. The van der Waals surface area contributed by atoms with Gasteiger partial charge in [-0.2, -0.15) is 0 Å². The molecule has 1 spiro atoms. The Bertz CT molecular complexity index is 2040. The van der Waals surface area contributed by atoms with Crippen molar-refractivity contribution in [2.75, 3.05) is 5.32 Å². The smallest absolute Gasteiger partial charge is 0.0725 e. The van der Waals surface area contributed by atoms with E-state index in [1.165, 1.54) is 44.5 Å². The third kappa shape index (κ3) is 2.98. The SMILES string of the molecule is C=c1cccc(-c2ccccc2Nc2ccc3c(c2)-c2ccccc2C32c3ccccc3-c3ccccc32)c1=C. The zero-order valence-corrected chi connectivity index (χ0v) is 22.1. The third-order valence-electron chi connectivity index (χ3n) is 8.77. The van der Waals surface area contributed by atoms with Crippen LogP contribution in [0.5, 0.6) is 0 Å². The van der Waals surface area contributed by atoms with E-state index in [0.717, 1.165) is 32.9 Å². The maximum Gasteiger partial charge on any atom is 0.0725 e. The molecule has 40 heavy (non-hydrogen) atoms. The summed E-state index contributed by atoms with van der Waals surface area (Å²) in [5.41, 5.74) is 14.7. The summed E-state index contributed by atoms with van der Waals surface area (Å²) in [6, 6.07) is 48.3. The molecule has 6 aromatic carbocycles. The first-order valence-electron chi connectivity index (χ1n) is 13.7. The van der Waals surface area contributed by atoms with Crippen molar-refractivity contribution in [2.24, 2.45) is 0 Å². The van der Waals surface area contributed by atoms with Gasteiger partial charge in [0.15, 0.2) is 0 Å². The Hall–Kier alpha value is -5.14. The van der Waals surface area contributed by atoms with E-state index >= 15 is 0 Å². The molecular formula is C39H27N. The number of rotatable bonds is 3. The minimum absolute atomic E-state index is 0.313. The second kappa shape index (κ2) is 8.43.